The molecule has 116 valence electrons. The highest BCUT2D eigenvalue weighted by atomic mass is 79.9. The molecule has 0 aliphatic rings. The van der Waals surface area contributed by atoms with E-state index in [1.54, 1.807) is 0 Å². The SMILES string of the molecule is Cc1cccc(NC(=O)Cn2nnnc2-c2ccc(Br)cc2)c1. The molecule has 23 heavy (non-hydrogen) atoms. The van der Waals surface area contributed by atoms with Crippen molar-refractivity contribution >= 4 is 27.5 Å². The molecule has 2 aromatic carbocycles. The fourth-order valence-corrected chi connectivity index (χ4v) is 2.44. The molecule has 0 atom stereocenters. The van der Waals surface area contributed by atoms with E-state index < -0.39 is 0 Å². The van der Waals surface area contributed by atoms with Crippen molar-refractivity contribution in [3.05, 3.63) is 58.6 Å². The number of nitrogens with one attached hydrogen (secondary N) is 1. The van der Waals surface area contributed by atoms with E-state index in [-0.39, 0.29) is 12.5 Å². The number of carbonyl (C=O) groups is 1. The number of carbonyl (C=O) groups excluding carboxylic acids is 1. The molecule has 0 spiro atoms. The Labute approximate surface area is 141 Å². The summed E-state index contributed by atoms with van der Waals surface area (Å²) in [5.74, 6) is 0.373. The largest absolute Gasteiger partial charge is 0.324 e. The summed E-state index contributed by atoms with van der Waals surface area (Å²) in [7, 11) is 0. The van der Waals surface area contributed by atoms with E-state index in [4.69, 9.17) is 0 Å². The minimum atomic E-state index is -0.179. The first-order valence-corrected chi connectivity index (χ1v) is 7.80. The van der Waals surface area contributed by atoms with Gasteiger partial charge in [-0.3, -0.25) is 4.79 Å². The van der Waals surface area contributed by atoms with Crippen LogP contribution >= 0.6 is 15.9 Å². The van der Waals surface area contributed by atoms with Gasteiger partial charge in [0.1, 0.15) is 6.54 Å². The Balaban J connectivity index is 1.75. The minimum Gasteiger partial charge on any atom is -0.324 e. The van der Waals surface area contributed by atoms with Gasteiger partial charge < -0.3 is 5.32 Å². The predicted molar refractivity (Wildman–Crippen MR) is 90.8 cm³/mol. The number of aromatic nitrogens is 4. The maximum absolute atomic E-state index is 12.2. The van der Waals surface area contributed by atoms with E-state index in [0.29, 0.717) is 5.82 Å². The number of tetrazole rings is 1. The van der Waals surface area contributed by atoms with Crippen LogP contribution in [0.1, 0.15) is 5.56 Å². The van der Waals surface area contributed by atoms with Crippen molar-refractivity contribution in [2.75, 3.05) is 5.32 Å². The molecule has 1 N–H and O–H groups in total. The minimum absolute atomic E-state index is 0.0480. The molecule has 0 unspecified atom stereocenters. The fourth-order valence-electron chi connectivity index (χ4n) is 2.18. The van der Waals surface area contributed by atoms with Gasteiger partial charge >= 0.3 is 0 Å². The van der Waals surface area contributed by atoms with Gasteiger partial charge in [0.2, 0.25) is 5.91 Å². The van der Waals surface area contributed by atoms with Crippen LogP contribution in [0, 0.1) is 6.92 Å². The van der Waals surface area contributed by atoms with E-state index in [0.717, 1.165) is 21.3 Å². The molecule has 1 aromatic heterocycles. The van der Waals surface area contributed by atoms with E-state index in [9.17, 15) is 4.79 Å². The molecular weight excluding hydrogens is 358 g/mol. The Bertz CT molecular complexity index is 828. The molecule has 0 saturated heterocycles. The van der Waals surface area contributed by atoms with Crippen LogP contribution in [-0.4, -0.2) is 26.1 Å². The zero-order valence-corrected chi connectivity index (χ0v) is 14.0. The molecule has 3 rings (SSSR count). The van der Waals surface area contributed by atoms with Crippen LogP contribution in [-0.2, 0) is 11.3 Å². The lowest BCUT2D eigenvalue weighted by Crippen LogP contribution is -2.20. The van der Waals surface area contributed by atoms with Gasteiger partial charge in [0.05, 0.1) is 0 Å². The fraction of sp³-hybridized carbons (Fsp3) is 0.125. The first-order valence-electron chi connectivity index (χ1n) is 7.00. The van der Waals surface area contributed by atoms with E-state index in [1.807, 2.05) is 55.5 Å². The van der Waals surface area contributed by atoms with Crippen LogP contribution in [0.15, 0.2) is 53.0 Å². The van der Waals surface area contributed by atoms with Gasteiger partial charge in [0.25, 0.3) is 0 Å². The van der Waals surface area contributed by atoms with Gasteiger partial charge in [0, 0.05) is 15.7 Å². The normalized spacial score (nSPS) is 10.5. The molecule has 0 bridgehead atoms. The zero-order valence-electron chi connectivity index (χ0n) is 12.4. The molecule has 0 fully saturated rings. The second-order valence-electron chi connectivity index (χ2n) is 5.08. The Morgan fingerprint density at radius 3 is 2.74 bits per heavy atom. The third-order valence-electron chi connectivity index (χ3n) is 3.23. The lowest BCUT2D eigenvalue weighted by atomic mass is 10.2. The van der Waals surface area contributed by atoms with Crippen molar-refractivity contribution in [3.8, 4) is 11.4 Å². The van der Waals surface area contributed by atoms with E-state index >= 15 is 0 Å². The summed E-state index contributed by atoms with van der Waals surface area (Å²) < 4.78 is 2.45. The molecule has 1 heterocycles. The van der Waals surface area contributed by atoms with Crippen molar-refractivity contribution in [1.29, 1.82) is 0 Å². The number of benzene rings is 2. The topological polar surface area (TPSA) is 72.7 Å². The number of amides is 1. The molecule has 0 aliphatic carbocycles. The zero-order chi connectivity index (χ0) is 16.2. The van der Waals surface area contributed by atoms with Crippen LogP contribution in [0.5, 0.6) is 0 Å². The number of halogens is 1. The first kappa shape index (κ1) is 15.4. The van der Waals surface area contributed by atoms with E-state index in [1.165, 1.54) is 4.68 Å². The molecular formula is C16H14BrN5O. The lowest BCUT2D eigenvalue weighted by Gasteiger charge is -2.07. The summed E-state index contributed by atoms with van der Waals surface area (Å²) in [4.78, 5) is 12.2. The van der Waals surface area contributed by atoms with Gasteiger partial charge in [-0.05, 0) is 47.2 Å². The first-order chi connectivity index (χ1) is 11.1. The van der Waals surface area contributed by atoms with Gasteiger partial charge in [-0.15, -0.1) is 5.10 Å². The highest BCUT2D eigenvalue weighted by Gasteiger charge is 2.12. The third kappa shape index (κ3) is 3.81. The van der Waals surface area contributed by atoms with Crippen LogP contribution in [0.25, 0.3) is 11.4 Å². The second kappa shape index (κ2) is 6.70. The second-order valence-corrected chi connectivity index (χ2v) is 6.00. The molecule has 0 radical (unpaired) electrons. The molecule has 6 nitrogen and oxygen atoms in total. The van der Waals surface area contributed by atoms with Crippen LogP contribution in [0.4, 0.5) is 5.69 Å². The van der Waals surface area contributed by atoms with Crippen molar-refractivity contribution in [2.45, 2.75) is 13.5 Å². The lowest BCUT2D eigenvalue weighted by molar-refractivity contribution is -0.116. The van der Waals surface area contributed by atoms with Crippen molar-refractivity contribution in [3.63, 3.8) is 0 Å². The van der Waals surface area contributed by atoms with Crippen LogP contribution in [0.2, 0.25) is 0 Å². The molecule has 1 amide bonds. The maximum atomic E-state index is 12.2. The number of hydrogen-bond acceptors (Lipinski definition) is 4. The standard InChI is InChI=1S/C16H14BrN5O/c1-11-3-2-4-14(9-11)18-15(23)10-22-16(19-20-21-22)12-5-7-13(17)8-6-12/h2-9H,10H2,1H3,(H,18,23). The van der Waals surface area contributed by atoms with Crippen molar-refractivity contribution in [1.82, 2.24) is 20.2 Å². The Morgan fingerprint density at radius 1 is 1.22 bits per heavy atom. The maximum Gasteiger partial charge on any atom is 0.246 e. The summed E-state index contributed by atoms with van der Waals surface area (Å²) in [6, 6.07) is 15.2. The van der Waals surface area contributed by atoms with Gasteiger partial charge in [-0.1, -0.05) is 40.2 Å². The third-order valence-corrected chi connectivity index (χ3v) is 3.76. The van der Waals surface area contributed by atoms with Crippen LogP contribution < -0.4 is 5.32 Å². The van der Waals surface area contributed by atoms with Crippen molar-refractivity contribution in [2.24, 2.45) is 0 Å². The summed E-state index contributed by atoms with van der Waals surface area (Å²) >= 11 is 3.39. The highest BCUT2D eigenvalue weighted by molar-refractivity contribution is 9.10. The predicted octanol–water partition coefficient (Wildman–Crippen LogP) is 3.05. The van der Waals surface area contributed by atoms with Gasteiger partial charge in [0.15, 0.2) is 5.82 Å². The summed E-state index contributed by atoms with van der Waals surface area (Å²) in [5.41, 5.74) is 2.69. The van der Waals surface area contributed by atoms with Crippen LogP contribution in [0.3, 0.4) is 0 Å². The van der Waals surface area contributed by atoms with Gasteiger partial charge in [-0.2, -0.15) is 0 Å². The highest BCUT2D eigenvalue weighted by Crippen LogP contribution is 2.19. The van der Waals surface area contributed by atoms with Crippen molar-refractivity contribution < 1.29 is 4.79 Å². The number of aryl methyl sites for hydroxylation is 1. The molecule has 0 saturated carbocycles. The number of anilines is 1. The smallest absolute Gasteiger partial charge is 0.246 e. The Hall–Kier alpha value is -2.54. The molecule has 0 aliphatic heterocycles. The number of rotatable bonds is 4. The molecule has 3 aromatic rings. The average molecular weight is 372 g/mol. The van der Waals surface area contributed by atoms with Gasteiger partial charge in [-0.25, -0.2) is 4.68 Å². The quantitative estimate of drug-likeness (QED) is 0.764. The Morgan fingerprint density at radius 2 is 2.00 bits per heavy atom. The number of hydrogen-bond donors (Lipinski definition) is 1. The summed E-state index contributed by atoms with van der Waals surface area (Å²) in [6.07, 6.45) is 0. The summed E-state index contributed by atoms with van der Waals surface area (Å²) in [5, 5.41) is 14.4. The average Bonchev–Trinajstić information content (AvgIpc) is 2.96. The Kier molecular flexibility index (Phi) is 4.47. The summed E-state index contributed by atoms with van der Waals surface area (Å²) in [6.45, 7) is 2.02. The monoisotopic (exact) mass is 371 g/mol. The van der Waals surface area contributed by atoms with E-state index in [2.05, 4.69) is 36.8 Å². The molecule has 7 heteroatoms. The number of nitrogens with zero attached hydrogens (tertiary/aromatic N) is 4.